The normalized spacial score (nSPS) is 10.6. The quantitative estimate of drug-likeness (QED) is 0.196. The minimum Gasteiger partial charge on any atom is -0.421 e. The molecule has 1 N–H and O–H groups in total. The van der Waals surface area contributed by atoms with Gasteiger partial charge in [0.05, 0.1) is 23.5 Å². The molecule has 12 nitrogen and oxygen atoms in total. The van der Waals surface area contributed by atoms with Gasteiger partial charge in [-0.25, -0.2) is 28.7 Å². The SMILES string of the molecule is CCCCCCNC(=O)n1cc(F)c(=O)n(C(=O)c2cccc(C(=O)Oc3cc(OC(=O)c4ccccc4)c(Cl)cn3)c2)c1=O. The number of rotatable bonds is 10. The predicted molar refractivity (Wildman–Crippen MR) is 160 cm³/mol. The molecule has 0 radical (unpaired) electrons. The molecule has 1 amide bonds. The fraction of sp³-hybridized carbons (Fsp3) is 0.194. The predicted octanol–water partition coefficient (Wildman–Crippen LogP) is 4.46. The van der Waals surface area contributed by atoms with Crippen molar-refractivity contribution in [3.8, 4) is 11.6 Å². The molecule has 0 spiro atoms. The molecule has 2 heterocycles. The van der Waals surface area contributed by atoms with Crippen LogP contribution in [-0.2, 0) is 0 Å². The van der Waals surface area contributed by atoms with Gasteiger partial charge >= 0.3 is 23.7 Å². The molecule has 0 fully saturated rings. The number of benzene rings is 2. The third-order valence-corrected chi connectivity index (χ3v) is 6.61. The molecular weight excluding hydrogens is 611 g/mol. The van der Waals surface area contributed by atoms with Gasteiger partial charge in [-0.15, -0.1) is 0 Å². The zero-order chi connectivity index (χ0) is 32.5. The standard InChI is InChI=1S/C31H26ClFN4O8/c1-2-3-4-8-14-34-30(42)36-18-23(33)27(39)37(31(36)43)26(38)20-12-9-13-21(15-20)29(41)45-25-16-24(22(32)17-35-25)44-28(40)19-10-6-5-7-11-19/h5-7,9-13,15-18H,2-4,8,14H2,1H3,(H,34,42). The van der Waals surface area contributed by atoms with Gasteiger partial charge in [-0.2, -0.15) is 8.96 Å². The second-order valence-electron chi connectivity index (χ2n) is 9.55. The van der Waals surface area contributed by atoms with Crippen molar-refractivity contribution in [2.45, 2.75) is 32.6 Å². The van der Waals surface area contributed by atoms with E-state index in [1.54, 1.807) is 18.2 Å². The van der Waals surface area contributed by atoms with E-state index >= 15 is 0 Å². The summed E-state index contributed by atoms with van der Waals surface area (Å²) in [4.78, 5) is 80.3. The van der Waals surface area contributed by atoms with Gasteiger partial charge in [0.1, 0.15) is 5.02 Å². The number of esters is 2. The molecule has 2 aromatic carbocycles. The van der Waals surface area contributed by atoms with E-state index in [-0.39, 0.29) is 44.5 Å². The molecule has 0 saturated carbocycles. The molecule has 0 aliphatic rings. The Labute approximate surface area is 260 Å². The van der Waals surface area contributed by atoms with E-state index in [1.165, 1.54) is 30.3 Å². The maximum Gasteiger partial charge on any atom is 0.346 e. The van der Waals surface area contributed by atoms with Gasteiger partial charge < -0.3 is 14.8 Å². The average molecular weight is 637 g/mol. The van der Waals surface area contributed by atoms with Crippen molar-refractivity contribution in [1.29, 1.82) is 0 Å². The number of unbranched alkanes of at least 4 members (excludes halogenated alkanes) is 3. The van der Waals surface area contributed by atoms with Crippen LogP contribution in [0.4, 0.5) is 9.18 Å². The smallest absolute Gasteiger partial charge is 0.346 e. The molecule has 4 rings (SSSR count). The Hall–Kier alpha value is -5.43. The van der Waals surface area contributed by atoms with E-state index in [2.05, 4.69) is 10.3 Å². The number of hydrogen-bond donors (Lipinski definition) is 1. The first kappa shape index (κ1) is 32.5. The maximum absolute atomic E-state index is 14.5. The second kappa shape index (κ2) is 14.8. The average Bonchev–Trinajstić information content (AvgIpc) is 3.04. The molecule has 0 aliphatic carbocycles. The van der Waals surface area contributed by atoms with Gasteiger partial charge in [-0.05, 0) is 36.8 Å². The number of hydrogen-bond acceptors (Lipinski definition) is 9. The van der Waals surface area contributed by atoms with Gasteiger partial charge in [0.15, 0.2) is 5.75 Å². The second-order valence-corrected chi connectivity index (χ2v) is 9.95. The number of nitrogens with one attached hydrogen (secondary N) is 1. The lowest BCUT2D eigenvalue weighted by Crippen LogP contribution is -2.49. The van der Waals surface area contributed by atoms with Crippen molar-refractivity contribution in [2.24, 2.45) is 0 Å². The highest BCUT2D eigenvalue weighted by atomic mass is 35.5. The Kier molecular flexibility index (Phi) is 10.7. The van der Waals surface area contributed by atoms with E-state index < -0.39 is 40.9 Å². The van der Waals surface area contributed by atoms with E-state index in [4.69, 9.17) is 21.1 Å². The number of carbonyl (C=O) groups is 4. The number of halogens is 2. The molecule has 0 aliphatic heterocycles. The molecule has 4 aromatic rings. The molecular formula is C31H26ClFN4O8. The monoisotopic (exact) mass is 636 g/mol. The highest BCUT2D eigenvalue weighted by Gasteiger charge is 2.23. The van der Waals surface area contributed by atoms with Crippen molar-refractivity contribution in [3.63, 3.8) is 0 Å². The van der Waals surface area contributed by atoms with Crippen LogP contribution in [0, 0.1) is 5.82 Å². The fourth-order valence-corrected chi connectivity index (χ4v) is 4.16. The van der Waals surface area contributed by atoms with Crippen LogP contribution in [0.2, 0.25) is 5.02 Å². The van der Waals surface area contributed by atoms with Crippen LogP contribution in [0.15, 0.2) is 82.6 Å². The van der Waals surface area contributed by atoms with Crippen molar-refractivity contribution in [1.82, 2.24) is 19.4 Å². The molecule has 0 atom stereocenters. The van der Waals surface area contributed by atoms with Gasteiger partial charge in [-0.3, -0.25) is 9.59 Å². The molecule has 2 aromatic heterocycles. The van der Waals surface area contributed by atoms with Crippen LogP contribution in [0.25, 0.3) is 0 Å². The Morgan fingerprint density at radius 1 is 0.889 bits per heavy atom. The van der Waals surface area contributed by atoms with E-state index in [9.17, 15) is 33.2 Å². The van der Waals surface area contributed by atoms with Crippen LogP contribution in [0.1, 0.15) is 63.7 Å². The summed E-state index contributed by atoms with van der Waals surface area (Å²) >= 11 is 6.08. The lowest BCUT2D eigenvalue weighted by molar-refractivity contribution is 0.0726. The summed E-state index contributed by atoms with van der Waals surface area (Å²) in [5.74, 6) is -4.99. The summed E-state index contributed by atoms with van der Waals surface area (Å²) < 4.78 is 25.3. The first-order valence-electron chi connectivity index (χ1n) is 13.7. The summed E-state index contributed by atoms with van der Waals surface area (Å²) in [6.07, 6.45) is 4.86. The summed E-state index contributed by atoms with van der Waals surface area (Å²) in [5, 5.41) is 2.41. The Morgan fingerprint density at radius 3 is 2.31 bits per heavy atom. The zero-order valence-electron chi connectivity index (χ0n) is 23.8. The maximum atomic E-state index is 14.5. The molecule has 14 heteroatoms. The first-order chi connectivity index (χ1) is 21.6. The Bertz CT molecular complexity index is 1870. The van der Waals surface area contributed by atoms with Crippen molar-refractivity contribution in [2.75, 3.05) is 6.54 Å². The summed E-state index contributed by atoms with van der Waals surface area (Å²) in [7, 11) is 0. The largest absolute Gasteiger partial charge is 0.421 e. The van der Waals surface area contributed by atoms with Gasteiger partial charge in [0.2, 0.25) is 11.7 Å². The van der Waals surface area contributed by atoms with Gasteiger partial charge in [0.25, 0.3) is 11.5 Å². The van der Waals surface area contributed by atoms with Crippen molar-refractivity contribution >= 4 is 35.5 Å². The molecule has 0 unspecified atom stereocenters. The molecule has 0 bridgehead atoms. The topological polar surface area (TPSA) is 156 Å². The number of ether oxygens (including phenoxy) is 2. The third-order valence-electron chi connectivity index (χ3n) is 6.33. The van der Waals surface area contributed by atoms with Gasteiger partial charge in [0, 0.05) is 18.2 Å². The number of amides is 1. The van der Waals surface area contributed by atoms with E-state index in [0.29, 0.717) is 17.2 Å². The Morgan fingerprint density at radius 2 is 1.58 bits per heavy atom. The van der Waals surface area contributed by atoms with Crippen LogP contribution < -0.4 is 26.0 Å². The summed E-state index contributed by atoms with van der Waals surface area (Å²) in [5.41, 5.74) is -3.30. The summed E-state index contributed by atoms with van der Waals surface area (Å²) in [6.45, 7) is 2.21. The van der Waals surface area contributed by atoms with Crippen molar-refractivity contribution in [3.05, 3.63) is 121 Å². The zero-order valence-corrected chi connectivity index (χ0v) is 24.6. The highest BCUT2D eigenvalue weighted by Crippen LogP contribution is 2.28. The lowest BCUT2D eigenvalue weighted by atomic mass is 10.1. The number of carbonyl (C=O) groups excluding carboxylic acids is 4. The van der Waals surface area contributed by atoms with Crippen molar-refractivity contribution < 1.29 is 33.0 Å². The lowest BCUT2D eigenvalue weighted by Gasteiger charge is -2.11. The highest BCUT2D eigenvalue weighted by molar-refractivity contribution is 6.32. The summed E-state index contributed by atoms with van der Waals surface area (Å²) in [6, 6.07) is 12.9. The third kappa shape index (κ3) is 7.95. The van der Waals surface area contributed by atoms with Crippen LogP contribution in [0.3, 0.4) is 0 Å². The number of pyridine rings is 1. The van der Waals surface area contributed by atoms with Crippen LogP contribution in [0.5, 0.6) is 11.6 Å². The van der Waals surface area contributed by atoms with Crippen LogP contribution >= 0.6 is 11.6 Å². The van der Waals surface area contributed by atoms with Gasteiger partial charge in [-0.1, -0.05) is 62.1 Å². The Balaban J connectivity index is 1.53. The number of aromatic nitrogens is 3. The number of nitrogens with zero attached hydrogens (tertiary/aromatic N) is 3. The minimum atomic E-state index is -1.58. The minimum absolute atomic E-state index is 0.0371. The van der Waals surface area contributed by atoms with E-state index in [1.807, 2.05) is 6.92 Å². The molecule has 232 valence electrons. The first-order valence-corrected chi connectivity index (χ1v) is 14.1. The van der Waals surface area contributed by atoms with Crippen LogP contribution in [-0.4, -0.2) is 44.5 Å². The van der Waals surface area contributed by atoms with E-state index in [0.717, 1.165) is 37.6 Å². The molecule has 45 heavy (non-hydrogen) atoms. The molecule has 0 saturated heterocycles. The fourth-order valence-electron chi connectivity index (χ4n) is 4.01.